The molecule has 0 fully saturated rings. The molecule has 0 saturated carbocycles. The van der Waals surface area contributed by atoms with E-state index in [-0.39, 0.29) is 91.5 Å². The van der Waals surface area contributed by atoms with Gasteiger partial charge in [-0.1, -0.05) is 61.9 Å². The molecule has 1 N–H and O–H groups in total. The van der Waals surface area contributed by atoms with Crippen LogP contribution in [0, 0.1) is 0 Å². The number of aromatic nitrogens is 1. The number of rotatable bonds is 16. The van der Waals surface area contributed by atoms with Gasteiger partial charge in [-0.2, -0.15) is 0 Å². The van der Waals surface area contributed by atoms with Crippen LogP contribution in [-0.2, 0) is 58.9 Å². The van der Waals surface area contributed by atoms with Crippen LogP contribution in [0.15, 0.2) is 94.6 Å². The molecule has 14 nitrogen and oxygen atoms in total. The van der Waals surface area contributed by atoms with Gasteiger partial charge in [-0.05, 0) is 96.8 Å². The van der Waals surface area contributed by atoms with Crippen molar-refractivity contribution < 1.29 is 112 Å². The Morgan fingerprint density at radius 2 is 1.51 bits per heavy atom. The predicted molar refractivity (Wildman–Crippen MR) is 213 cm³/mol. The van der Waals surface area contributed by atoms with Crippen LogP contribution in [0.4, 0.5) is 11.5 Å². The number of carboxylic acid groups (broad SMARTS) is 1. The van der Waals surface area contributed by atoms with E-state index >= 15 is 0 Å². The van der Waals surface area contributed by atoms with Crippen LogP contribution in [0.2, 0.25) is 5.02 Å². The minimum atomic E-state index is -4.80. The number of nitrogens with zero attached hydrogens (tertiary/aromatic N) is 3. The van der Waals surface area contributed by atoms with Gasteiger partial charge < -0.3 is 23.7 Å². The molecule has 0 amide bonds. The van der Waals surface area contributed by atoms with E-state index in [0.29, 0.717) is 45.5 Å². The molecule has 5 rings (SSSR count). The van der Waals surface area contributed by atoms with Gasteiger partial charge >= 0.3 is 70.9 Å². The summed E-state index contributed by atoms with van der Waals surface area (Å²) in [5.41, 5.74) is 3.79. The Balaban J connectivity index is 0.00000465. The van der Waals surface area contributed by atoms with Crippen molar-refractivity contribution in [2.75, 3.05) is 23.0 Å². The maximum atomic E-state index is 12.0. The Hall–Kier alpha value is -2.23. The molecule has 306 valence electrons. The number of pyridine rings is 1. The molecule has 0 bridgehead atoms. The molecular formula is C39H42ClN3Na2O11S3. The van der Waals surface area contributed by atoms with Crippen LogP contribution in [0.3, 0.4) is 0 Å². The molecule has 0 spiro atoms. The molecule has 3 heterocycles. The Morgan fingerprint density at radius 1 is 0.881 bits per heavy atom. The summed E-state index contributed by atoms with van der Waals surface area (Å²) >= 11 is 6.48. The largest absolute Gasteiger partial charge is 1.00 e. The molecule has 20 heteroatoms. The number of hydrogen-bond acceptors (Lipinski definition) is 12. The van der Waals surface area contributed by atoms with Gasteiger partial charge in [-0.3, -0.25) is 4.79 Å². The standard InChI is InChI=1S/C39H44ClN3O11S3.2Na/c1-38(2)32-23-29(40)25-42(19-5-21-55(46,47)48)37(32)41-34(38)16-12-28(27-10-7-26(8-11-27)9-18-36(44)45)13-17-35-39(3,4)31-24-30(57(52,53)54)14-15-33(31)43(35)20-6-22-56(49,50)51;;/h7-8,10-17,23-25H,5-6,9,18-22H2,1-4H3,(H3-,44,45,46,47,48,49,50,51,52,53,54);;/q;2*+1/p-2. The van der Waals surface area contributed by atoms with Gasteiger partial charge in [-0.15, -0.1) is 0 Å². The van der Waals surface area contributed by atoms with E-state index in [9.17, 15) is 48.8 Å². The van der Waals surface area contributed by atoms with Crippen molar-refractivity contribution in [3.63, 3.8) is 0 Å². The molecule has 59 heavy (non-hydrogen) atoms. The second-order valence-corrected chi connectivity index (χ2v) is 19.8. The summed E-state index contributed by atoms with van der Waals surface area (Å²) in [6.45, 7) is 7.87. The molecule has 0 aliphatic carbocycles. The summed E-state index contributed by atoms with van der Waals surface area (Å²) in [4.78, 5) is 17.5. The van der Waals surface area contributed by atoms with Crippen molar-refractivity contribution in [1.29, 1.82) is 0 Å². The van der Waals surface area contributed by atoms with Crippen LogP contribution in [0.1, 0.15) is 69.2 Å². The normalized spacial score (nSPS) is 16.7. The maximum absolute atomic E-state index is 12.0. The zero-order chi connectivity index (χ0) is 42.1. The number of aliphatic imine (C=N–C) groups is 1. The first-order chi connectivity index (χ1) is 26.4. The maximum Gasteiger partial charge on any atom is 1.00 e. The first-order valence-electron chi connectivity index (χ1n) is 17.9. The van der Waals surface area contributed by atoms with Crippen molar-refractivity contribution in [3.8, 4) is 0 Å². The number of aryl methyl sites for hydroxylation is 2. The molecular weight excluding hydrogens is 864 g/mol. The molecule has 0 unspecified atom stereocenters. The van der Waals surface area contributed by atoms with E-state index in [1.165, 1.54) is 18.2 Å². The number of carbonyl (C=O) groups is 1. The fourth-order valence-electron chi connectivity index (χ4n) is 7.06. The van der Waals surface area contributed by atoms with Gasteiger partial charge in [0.2, 0.25) is 0 Å². The van der Waals surface area contributed by atoms with E-state index in [1.54, 1.807) is 21.7 Å². The number of allylic oxidation sites excluding steroid dienone is 6. The van der Waals surface area contributed by atoms with Crippen LogP contribution in [0.5, 0.6) is 0 Å². The molecule has 0 atom stereocenters. The van der Waals surface area contributed by atoms with Gasteiger partial charge in [0.15, 0.2) is 5.71 Å². The van der Waals surface area contributed by atoms with E-state index in [4.69, 9.17) is 16.6 Å². The third-order valence-corrected chi connectivity index (χ3v) is 12.7. The SMILES string of the molecule is CC1(C)C(/C=C/C(=C/C=C2/N(CCCS(=O)(=O)[O-])c3ccc(S(=O)(=O)[O-])cc3C2(C)C)c2ccc(CCC(=O)O)cc2)=Nc2c1cc(Cl)c[n+]2CCCS(=O)(=O)[O-].[Na+].[Na+]. The molecule has 0 saturated heterocycles. The minimum absolute atomic E-state index is 0. The third kappa shape index (κ3) is 12.9. The monoisotopic (exact) mass is 905 g/mol. The molecule has 3 aromatic rings. The number of halogens is 1. The van der Waals surface area contributed by atoms with Crippen LogP contribution < -0.4 is 68.6 Å². The zero-order valence-electron chi connectivity index (χ0n) is 33.6. The van der Waals surface area contributed by atoms with Crippen LogP contribution in [-0.4, -0.2) is 73.7 Å². The summed E-state index contributed by atoms with van der Waals surface area (Å²) < 4.78 is 106. The van der Waals surface area contributed by atoms with Crippen molar-refractivity contribution in [2.45, 2.75) is 75.6 Å². The second kappa shape index (κ2) is 19.9. The topological polar surface area (TPSA) is 228 Å². The summed E-state index contributed by atoms with van der Waals surface area (Å²) in [6.07, 6.45) is 9.25. The Kier molecular flexibility index (Phi) is 17.2. The van der Waals surface area contributed by atoms with Crippen LogP contribution in [0.25, 0.3) is 5.57 Å². The van der Waals surface area contributed by atoms with Crippen molar-refractivity contribution in [1.82, 2.24) is 0 Å². The minimum Gasteiger partial charge on any atom is -0.748 e. The molecule has 0 radical (unpaired) electrons. The Morgan fingerprint density at radius 3 is 2.10 bits per heavy atom. The Labute approximate surface area is 395 Å². The van der Waals surface area contributed by atoms with E-state index in [1.807, 2.05) is 76.3 Å². The van der Waals surface area contributed by atoms with Gasteiger partial charge in [0.25, 0.3) is 0 Å². The number of aliphatic carboxylic acids is 1. The molecule has 1 aromatic heterocycles. The average molecular weight is 906 g/mol. The summed E-state index contributed by atoms with van der Waals surface area (Å²) in [5.74, 6) is -1.54. The van der Waals surface area contributed by atoms with E-state index in [0.717, 1.165) is 16.7 Å². The van der Waals surface area contributed by atoms with E-state index < -0.39 is 63.6 Å². The number of hydrogen-bond donors (Lipinski definition) is 1. The Bertz CT molecular complexity index is 2560. The molecule has 2 aliphatic rings. The first kappa shape index (κ1) is 51.1. The fraction of sp³-hybridized carbons (Fsp3) is 0.359. The smallest absolute Gasteiger partial charge is 0.748 e. The first-order valence-corrected chi connectivity index (χ1v) is 22.8. The number of anilines is 1. The summed E-state index contributed by atoms with van der Waals surface area (Å²) in [7, 11) is -13.7. The van der Waals surface area contributed by atoms with Crippen molar-refractivity contribution in [3.05, 3.63) is 112 Å². The van der Waals surface area contributed by atoms with Crippen LogP contribution >= 0.6 is 11.6 Å². The van der Waals surface area contributed by atoms with Gasteiger partial charge in [0.1, 0.15) is 16.3 Å². The third-order valence-electron chi connectivity index (χ3n) is 10.1. The molecule has 2 aliphatic heterocycles. The zero-order valence-corrected chi connectivity index (χ0v) is 40.8. The predicted octanol–water partition coefficient (Wildman–Crippen LogP) is -0.887. The number of carboxylic acids is 1. The van der Waals surface area contributed by atoms with Gasteiger partial charge in [0, 0.05) is 41.3 Å². The second-order valence-electron chi connectivity index (χ2n) is 14.9. The molecule has 2 aromatic carbocycles. The number of benzene rings is 2. The van der Waals surface area contributed by atoms with E-state index in [2.05, 4.69) is 0 Å². The van der Waals surface area contributed by atoms with Gasteiger partial charge in [-0.25, -0.2) is 29.8 Å². The summed E-state index contributed by atoms with van der Waals surface area (Å²) in [6, 6.07) is 13.1. The summed E-state index contributed by atoms with van der Waals surface area (Å²) in [5, 5.41) is 9.58. The number of fused-ring (bicyclic) bond motifs is 2. The van der Waals surface area contributed by atoms with Gasteiger partial charge in [0.05, 0.1) is 47.7 Å². The average Bonchev–Trinajstić information content (AvgIpc) is 3.47. The quantitative estimate of drug-likeness (QED) is 0.0800. The van der Waals surface area contributed by atoms with Crippen molar-refractivity contribution in [2.24, 2.45) is 4.99 Å². The van der Waals surface area contributed by atoms with Crippen molar-refractivity contribution >= 4 is 70.7 Å². The fourth-order valence-corrected chi connectivity index (χ4v) is 8.75.